The number of halogens is 1. The van der Waals surface area contributed by atoms with Gasteiger partial charge in [-0.3, -0.25) is 14.5 Å². The van der Waals surface area contributed by atoms with Crippen molar-refractivity contribution in [1.82, 2.24) is 0 Å². The molecule has 3 aromatic carbocycles. The minimum absolute atomic E-state index is 0.0702. The number of fused-ring (bicyclic) bond motifs is 1. The summed E-state index contributed by atoms with van der Waals surface area (Å²) in [6.07, 6.45) is 0.783. The molecule has 0 unspecified atom stereocenters. The van der Waals surface area contributed by atoms with E-state index < -0.39 is 6.04 Å². The van der Waals surface area contributed by atoms with Crippen molar-refractivity contribution in [3.05, 3.63) is 129 Å². The Morgan fingerprint density at radius 1 is 0.947 bits per heavy atom. The summed E-state index contributed by atoms with van der Waals surface area (Å²) in [5.41, 5.74) is 4.82. The van der Waals surface area contributed by atoms with Crippen LogP contribution in [0.25, 0.3) is 0 Å². The first kappa shape index (κ1) is 23.8. The molecule has 1 amide bonds. The first-order valence-corrected chi connectivity index (χ1v) is 13.2. The number of nitrogens with one attached hydrogen (secondary N) is 1. The van der Waals surface area contributed by atoms with Crippen LogP contribution in [0, 0.1) is 17.1 Å². The Morgan fingerprint density at radius 3 is 2.39 bits per heavy atom. The Bertz CT molecular complexity index is 1600. The van der Waals surface area contributed by atoms with Gasteiger partial charge >= 0.3 is 0 Å². The number of benzene rings is 3. The van der Waals surface area contributed by atoms with Crippen molar-refractivity contribution in [3.8, 4) is 6.07 Å². The maximum Gasteiger partial charge on any atom is 0.269 e. The van der Waals surface area contributed by atoms with Gasteiger partial charge in [0.1, 0.15) is 5.82 Å². The highest BCUT2D eigenvalue weighted by molar-refractivity contribution is 7.12. The fraction of sp³-hybridized carbons (Fsp3) is 0.129. The predicted molar refractivity (Wildman–Crippen MR) is 145 cm³/mol. The number of amides is 1. The lowest BCUT2D eigenvalue weighted by Gasteiger charge is -2.35. The Hall–Kier alpha value is -4.54. The number of hydrogen-bond acceptors (Lipinski definition) is 5. The summed E-state index contributed by atoms with van der Waals surface area (Å²) in [7, 11) is 0. The fourth-order valence-corrected chi connectivity index (χ4v) is 6.02. The van der Waals surface area contributed by atoms with Crippen LogP contribution < -0.4 is 10.2 Å². The van der Waals surface area contributed by atoms with Gasteiger partial charge in [-0.1, -0.05) is 42.5 Å². The number of carbonyl (C=O) groups excluding carboxylic acids is 2. The van der Waals surface area contributed by atoms with Gasteiger partial charge < -0.3 is 5.32 Å². The van der Waals surface area contributed by atoms with Crippen molar-refractivity contribution < 1.29 is 14.0 Å². The zero-order chi connectivity index (χ0) is 26.2. The summed E-state index contributed by atoms with van der Waals surface area (Å²) in [5.74, 6) is -0.714. The van der Waals surface area contributed by atoms with Crippen molar-refractivity contribution in [2.24, 2.45) is 0 Å². The van der Waals surface area contributed by atoms with Crippen LogP contribution in [0.4, 0.5) is 15.8 Å². The predicted octanol–water partition coefficient (Wildman–Crippen LogP) is 6.97. The quantitative estimate of drug-likeness (QED) is 0.317. The van der Waals surface area contributed by atoms with Gasteiger partial charge in [0, 0.05) is 17.7 Å². The van der Waals surface area contributed by atoms with E-state index >= 15 is 0 Å². The number of Topliss-reactive ketones (excluding diaryl/α,β-unsaturated/α-hetero) is 1. The first-order chi connectivity index (χ1) is 18.5. The van der Waals surface area contributed by atoms with Crippen LogP contribution in [0.3, 0.4) is 0 Å². The Balaban J connectivity index is 1.55. The van der Waals surface area contributed by atoms with Gasteiger partial charge in [0.25, 0.3) is 5.91 Å². The summed E-state index contributed by atoms with van der Waals surface area (Å²) in [6.45, 7) is 0. The molecule has 2 aliphatic rings. The lowest BCUT2D eigenvalue weighted by molar-refractivity contribution is -0.116. The standard InChI is InChI=1S/C31H22FN3O2S/c32-23-13-11-20(12-14-23)22-16-25-29(27(36)17-22)30(21-9-7-19(18-33)8-10-21)35(31(37)28-6-3-15-38-28)26-5-2-1-4-24(26)34-25/h1-15,22,30,34H,16-17H2/t22-,30+/m0/s1. The van der Waals surface area contributed by atoms with Gasteiger partial charge in [-0.05, 0) is 71.3 Å². The van der Waals surface area contributed by atoms with E-state index in [0.29, 0.717) is 28.1 Å². The summed E-state index contributed by atoms with van der Waals surface area (Å²) in [6, 6.07) is 26.0. The average molecular weight is 520 g/mol. The molecule has 0 fully saturated rings. The molecule has 0 saturated carbocycles. The Labute approximate surface area is 223 Å². The summed E-state index contributed by atoms with van der Waals surface area (Å²) >= 11 is 1.35. The van der Waals surface area contributed by atoms with Crippen LogP contribution in [0.1, 0.15) is 51.2 Å². The van der Waals surface area contributed by atoms with Gasteiger partial charge in [-0.15, -0.1) is 11.3 Å². The second-order valence-corrected chi connectivity index (χ2v) is 10.4. The van der Waals surface area contributed by atoms with E-state index in [1.807, 2.05) is 47.8 Å². The van der Waals surface area contributed by atoms with E-state index in [0.717, 1.165) is 22.5 Å². The van der Waals surface area contributed by atoms with Crippen molar-refractivity contribution >= 4 is 34.4 Å². The monoisotopic (exact) mass is 519 g/mol. The van der Waals surface area contributed by atoms with E-state index in [2.05, 4.69) is 11.4 Å². The van der Waals surface area contributed by atoms with Crippen LogP contribution in [0.5, 0.6) is 0 Å². The molecule has 0 saturated heterocycles. The summed E-state index contributed by atoms with van der Waals surface area (Å²) in [4.78, 5) is 30.3. The molecule has 38 heavy (non-hydrogen) atoms. The second kappa shape index (κ2) is 9.73. The molecule has 1 aromatic heterocycles. The van der Waals surface area contributed by atoms with Gasteiger partial charge in [0.15, 0.2) is 5.78 Å². The number of nitriles is 1. The van der Waals surface area contributed by atoms with Crippen LogP contribution in [-0.2, 0) is 4.79 Å². The third kappa shape index (κ3) is 4.19. The molecule has 2 atom stereocenters. The molecule has 0 bridgehead atoms. The first-order valence-electron chi connectivity index (χ1n) is 12.3. The van der Waals surface area contributed by atoms with Gasteiger partial charge in [0.05, 0.1) is 33.9 Å². The molecule has 0 spiro atoms. The number of allylic oxidation sites excluding steroid dienone is 1. The average Bonchev–Trinajstić information content (AvgIpc) is 3.43. The topological polar surface area (TPSA) is 73.2 Å². The highest BCUT2D eigenvalue weighted by Crippen LogP contribution is 2.48. The largest absolute Gasteiger partial charge is 0.357 e. The van der Waals surface area contributed by atoms with Gasteiger partial charge in [-0.2, -0.15) is 5.26 Å². The van der Waals surface area contributed by atoms with Crippen molar-refractivity contribution in [2.45, 2.75) is 24.8 Å². The number of para-hydroxylation sites is 2. The maximum absolute atomic E-state index is 14.1. The lowest BCUT2D eigenvalue weighted by Crippen LogP contribution is -2.38. The van der Waals surface area contributed by atoms with E-state index in [1.54, 1.807) is 35.2 Å². The minimum atomic E-state index is -0.690. The molecule has 7 heteroatoms. The number of anilines is 2. The number of carbonyl (C=O) groups is 2. The van der Waals surface area contributed by atoms with Crippen molar-refractivity contribution in [3.63, 3.8) is 0 Å². The molecule has 1 aliphatic heterocycles. The van der Waals surface area contributed by atoms with E-state index in [-0.39, 0.29) is 29.8 Å². The highest BCUT2D eigenvalue weighted by atomic mass is 32.1. The minimum Gasteiger partial charge on any atom is -0.357 e. The Kier molecular flexibility index (Phi) is 6.10. The molecule has 0 radical (unpaired) electrons. The SMILES string of the molecule is N#Cc1ccc([C@@H]2C3=C(C[C@H](c4ccc(F)cc4)CC3=O)Nc3ccccc3N2C(=O)c2cccs2)cc1. The normalized spacial score (nSPS) is 18.6. The van der Waals surface area contributed by atoms with Crippen LogP contribution in [0.15, 0.2) is 102 Å². The number of ketones is 1. The van der Waals surface area contributed by atoms with Crippen molar-refractivity contribution in [2.75, 3.05) is 10.2 Å². The summed E-state index contributed by atoms with van der Waals surface area (Å²) < 4.78 is 13.6. The lowest BCUT2D eigenvalue weighted by atomic mass is 9.78. The van der Waals surface area contributed by atoms with Crippen LogP contribution in [-0.4, -0.2) is 11.7 Å². The smallest absolute Gasteiger partial charge is 0.269 e. The fourth-order valence-electron chi connectivity index (χ4n) is 5.36. The molecule has 1 N–H and O–H groups in total. The third-order valence-electron chi connectivity index (χ3n) is 7.14. The molecular weight excluding hydrogens is 497 g/mol. The van der Waals surface area contributed by atoms with Gasteiger partial charge in [-0.25, -0.2) is 4.39 Å². The molecule has 5 nitrogen and oxygen atoms in total. The maximum atomic E-state index is 14.1. The molecule has 2 heterocycles. The third-order valence-corrected chi connectivity index (χ3v) is 7.99. The zero-order valence-corrected chi connectivity index (χ0v) is 21.0. The van der Waals surface area contributed by atoms with Crippen molar-refractivity contribution in [1.29, 1.82) is 5.26 Å². The Morgan fingerprint density at radius 2 is 1.68 bits per heavy atom. The zero-order valence-electron chi connectivity index (χ0n) is 20.2. The molecule has 186 valence electrons. The highest BCUT2D eigenvalue weighted by Gasteiger charge is 2.42. The molecule has 1 aliphatic carbocycles. The molecular formula is C31H22FN3O2S. The van der Waals surface area contributed by atoms with Crippen LogP contribution >= 0.6 is 11.3 Å². The van der Waals surface area contributed by atoms with Crippen LogP contribution in [0.2, 0.25) is 0 Å². The number of hydrogen-bond donors (Lipinski definition) is 1. The summed E-state index contributed by atoms with van der Waals surface area (Å²) in [5, 5.41) is 14.7. The van der Waals surface area contributed by atoms with E-state index in [9.17, 15) is 19.2 Å². The van der Waals surface area contributed by atoms with Gasteiger partial charge in [0.2, 0.25) is 0 Å². The molecule has 4 aromatic rings. The number of thiophene rings is 1. The molecule has 6 rings (SSSR count). The second-order valence-electron chi connectivity index (χ2n) is 9.40. The van der Waals surface area contributed by atoms with E-state index in [4.69, 9.17) is 0 Å². The number of nitrogens with zero attached hydrogens (tertiary/aromatic N) is 2. The van der Waals surface area contributed by atoms with E-state index in [1.165, 1.54) is 23.5 Å². The number of rotatable bonds is 3.